The highest BCUT2D eigenvalue weighted by Crippen LogP contribution is 2.34. The maximum atomic E-state index is 13.1. The zero-order valence-corrected chi connectivity index (χ0v) is 17.5. The van der Waals surface area contributed by atoms with Crippen LogP contribution in [0.4, 0.5) is 4.79 Å². The Morgan fingerprint density at radius 2 is 1.65 bits per heavy atom. The van der Waals surface area contributed by atoms with E-state index >= 15 is 0 Å². The van der Waals surface area contributed by atoms with E-state index in [1.165, 1.54) is 5.56 Å². The Bertz CT molecular complexity index is 1050. The van der Waals surface area contributed by atoms with Crippen LogP contribution in [0.1, 0.15) is 39.5 Å². The first kappa shape index (κ1) is 20.7. The average molecular weight is 415 g/mol. The van der Waals surface area contributed by atoms with Crippen LogP contribution in [0.5, 0.6) is 5.75 Å². The SMILES string of the molecule is COc1ccc(C(=O)CC2c3ccccc3CCN2C(=O)OCc2ccccc2)cc1. The van der Waals surface area contributed by atoms with Gasteiger partial charge in [-0.1, -0.05) is 54.6 Å². The standard InChI is InChI=1S/C26H25NO4/c1-30-22-13-11-21(12-14-22)25(28)17-24-23-10-6-5-9-20(23)15-16-27(24)26(29)31-18-19-7-3-2-4-8-19/h2-14,24H,15-18H2,1H3. The van der Waals surface area contributed by atoms with Gasteiger partial charge in [0.2, 0.25) is 0 Å². The first-order valence-corrected chi connectivity index (χ1v) is 10.4. The molecule has 4 rings (SSSR count). The van der Waals surface area contributed by atoms with E-state index in [1.54, 1.807) is 36.3 Å². The van der Waals surface area contributed by atoms with Gasteiger partial charge in [-0.2, -0.15) is 0 Å². The number of hydrogen-bond donors (Lipinski definition) is 0. The third-order valence-electron chi connectivity index (χ3n) is 5.64. The molecule has 1 heterocycles. The number of ether oxygens (including phenoxy) is 2. The van der Waals surface area contributed by atoms with Crippen molar-refractivity contribution in [3.05, 3.63) is 101 Å². The van der Waals surface area contributed by atoms with Crippen molar-refractivity contribution < 1.29 is 19.1 Å². The highest BCUT2D eigenvalue weighted by atomic mass is 16.6. The molecule has 0 aromatic heterocycles. The molecule has 1 aliphatic heterocycles. The molecule has 1 aliphatic rings. The molecule has 5 nitrogen and oxygen atoms in total. The molecule has 0 saturated heterocycles. The maximum absolute atomic E-state index is 13.1. The Labute approximate surface area is 182 Å². The normalized spacial score (nSPS) is 15.1. The number of carbonyl (C=O) groups excluding carboxylic acids is 2. The quantitative estimate of drug-likeness (QED) is 0.519. The summed E-state index contributed by atoms with van der Waals surface area (Å²) >= 11 is 0. The third-order valence-corrected chi connectivity index (χ3v) is 5.64. The van der Waals surface area contributed by atoms with Crippen molar-refractivity contribution in [1.29, 1.82) is 0 Å². The second-order valence-corrected chi connectivity index (χ2v) is 7.55. The summed E-state index contributed by atoms with van der Waals surface area (Å²) in [5, 5.41) is 0. The molecule has 5 heteroatoms. The summed E-state index contributed by atoms with van der Waals surface area (Å²) in [6.07, 6.45) is 0.541. The summed E-state index contributed by atoms with van der Waals surface area (Å²) < 4.78 is 10.8. The van der Waals surface area contributed by atoms with E-state index < -0.39 is 6.09 Å². The monoisotopic (exact) mass is 415 g/mol. The fourth-order valence-electron chi connectivity index (χ4n) is 3.96. The second-order valence-electron chi connectivity index (χ2n) is 7.55. The fraction of sp³-hybridized carbons (Fsp3) is 0.231. The zero-order valence-electron chi connectivity index (χ0n) is 17.5. The lowest BCUT2D eigenvalue weighted by atomic mass is 9.89. The minimum Gasteiger partial charge on any atom is -0.497 e. The largest absolute Gasteiger partial charge is 0.497 e. The van der Waals surface area contributed by atoms with E-state index in [1.807, 2.05) is 48.5 Å². The molecule has 0 N–H and O–H groups in total. The number of ketones is 1. The van der Waals surface area contributed by atoms with Crippen LogP contribution in [-0.2, 0) is 17.8 Å². The molecule has 31 heavy (non-hydrogen) atoms. The summed E-state index contributed by atoms with van der Waals surface area (Å²) in [6, 6.07) is 24.3. The first-order valence-electron chi connectivity index (χ1n) is 10.4. The van der Waals surface area contributed by atoms with E-state index in [-0.39, 0.29) is 24.9 Å². The highest BCUT2D eigenvalue weighted by Gasteiger charge is 2.33. The minimum atomic E-state index is -0.397. The molecular formula is C26H25NO4. The van der Waals surface area contributed by atoms with Gasteiger partial charge in [-0.15, -0.1) is 0 Å². The highest BCUT2D eigenvalue weighted by molar-refractivity contribution is 5.97. The molecule has 1 unspecified atom stereocenters. The first-order chi connectivity index (χ1) is 15.2. The van der Waals surface area contributed by atoms with Crippen LogP contribution in [0, 0.1) is 0 Å². The molecule has 0 radical (unpaired) electrons. The molecule has 3 aromatic carbocycles. The summed E-state index contributed by atoms with van der Waals surface area (Å²) in [6.45, 7) is 0.724. The lowest BCUT2D eigenvalue weighted by Gasteiger charge is -2.36. The Hall–Kier alpha value is -3.60. The minimum absolute atomic E-state index is 0.0229. The van der Waals surface area contributed by atoms with Gasteiger partial charge in [-0.3, -0.25) is 4.79 Å². The van der Waals surface area contributed by atoms with Gasteiger partial charge in [0, 0.05) is 18.5 Å². The number of methoxy groups -OCH3 is 1. The fourth-order valence-corrected chi connectivity index (χ4v) is 3.96. The van der Waals surface area contributed by atoms with Crippen LogP contribution in [0.15, 0.2) is 78.9 Å². The lowest BCUT2D eigenvalue weighted by Crippen LogP contribution is -2.41. The van der Waals surface area contributed by atoms with E-state index in [0.717, 1.165) is 17.5 Å². The Morgan fingerprint density at radius 3 is 2.39 bits per heavy atom. The van der Waals surface area contributed by atoms with Crippen molar-refractivity contribution in [2.75, 3.05) is 13.7 Å². The molecule has 1 atom stereocenters. The molecule has 1 amide bonds. The Balaban J connectivity index is 1.54. The van der Waals surface area contributed by atoms with E-state index in [9.17, 15) is 9.59 Å². The Kier molecular flexibility index (Phi) is 6.32. The summed E-state index contributed by atoms with van der Waals surface area (Å²) in [5.41, 5.74) is 3.70. The van der Waals surface area contributed by atoms with Gasteiger partial charge < -0.3 is 14.4 Å². The van der Waals surface area contributed by atoms with E-state index in [0.29, 0.717) is 17.9 Å². The molecule has 0 saturated carbocycles. The predicted octanol–water partition coefficient (Wildman–Crippen LogP) is 5.20. The number of nitrogens with zero attached hydrogens (tertiary/aromatic N) is 1. The van der Waals surface area contributed by atoms with Crippen molar-refractivity contribution in [3.63, 3.8) is 0 Å². The summed E-state index contributed by atoms with van der Waals surface area (Å²) in [5.74, 6) is 0.677. The molecular weight excluding hydrogens is 390 g/mol. The lowest BCUT2D eigenvalue weighted by molar-refractivity contribution is 0.0705. The van der Waals surface area contributed by atoms with Gasteiger partial charge in [-0.25, -0.2) is 4.79 Å². The number of carbonyl (C=O) groups is 2. The molecule has 0 bridgehead atoms. The van der Waals surface area contributed by atoms with Gasteiger partial charge in [0.05, 0.1) is 13.2 Å². The van der Waals surface area contributed by atoms with Crippen molar-refractivity contribution in [2.24, 2.45) is 0 Å². The van der Waals surface area contributed by atoms with Crippen LogP contribution in [-0.4, -0.2) is 30.4 Å². The molecule has 0 spiro atoms. The van der Waals surface area contributed by atoms with Gasteiger partial charge in [-0.05, 0) is 47.4 Å². The van der Waals surface area contributed by atoms with Crippen molar-refractivity contribution >= 4 is 11.9 Å². The van der Waals surface area contributed by atoms with Crippen molar-refractivity contribution in [1.82, 2.24) is 4.90 Å². The predicted molar refractivity (Wildman–Crippen MR) is 118 cm³/mol. The van der Waals surface area contributed by atoms with Gasteiger partial charge >= 0.3 is 6.09 Å². The van der Waals surface area contributed by atoms with E-state index in [2.05, 4.69) is 6.07 Å². The summed E-state index contributed by atoms with van der Waals surface area (Å²) in [4.78, 5) is 27.7. The van der Waals surface area contributed by atoms with Crippen LogP contribution in [0.2, 0.25) is 0 Å². The number of fused-ring (bicyclic) bond motifs is 1. The maximum Gasteiger partial charge on any atom is 0.410 e. The van der Waals surface area contributed by atoms with E-state index in [4.69, 9.17) is 9.47 Å². The topological polar surface area (TPSA) is 55.8 Å². The zero-order chi connectivity index (χ0) is 21.6. The molecule has 158 valence electrons. The number of Topliss-reactive ketones (excluding diaryl/α,β-unsaturated/α-hetero) is 1. The van der Waals surface area contributed by atoms with Gasteiger partial charge in [0.15, 0.2) is 5.78 Å². The third kappa shape index (κ3) is 4.77. The van der Waals surface area contributed by atoms with Gasteiger partial charge in [0.25, 0.3) is 0 Å². The average Bonchev–Trinajstić information content (AvgIpc) is 2.83. The van der Waals surface area contributed by atoms with Crippen LogP contribution in [0.3, 0.4) is 0 Å². The smallest absolute Gasteiger partial charge is 0.410 e. The van der Waals surface area contributed by atoms with Crippen LogP contribution < -0.4 is 4.74 Å². The van der Waals surface area contributed by atoms with Gasteiger partial charge in [0.1, 0.15) is 12.4 Å². The number of hydrogen-bond acceptors (Lipinski definition) is 4. The van der Waals surface area contributed by atoms with Crippen molar-refractivity contribution in [2.45, 2.75) is 25.5 Å². The number of benzene rings is 3. The molecule has 0 aliphatic carbocycles. The van der Waals surface area contributed by atoms with Crippen LogP contribution in [0.25, 0.3) is 0 Å². The number of rotatable bonds is 6. The second kappa shape index (κ2) is 9.47. The van der Waals surface area contributed by atoms with Crippen LogP contribution >= 0.6 is 0 Å². The van der Waals surface area contributed by atoms with Crippen molar-refractivity contribution in [3.8, 4) is 5.75 Å². The Morgan fingerprint density at radius 1 is 0.935 bits per heavy atom. The molecule has 3 aromatic rings. The number of amides is 1. The summed E-state index contributed by atoms with van der Waals surface area (Å²) in [7, 11) is 1.59. The molecule has 0 fully saturated rings.